The van der Waals surface area contributed by atoms with Crippen LogP contribution in [0.1, 0.15) is 30.1 Å². The first kappa shape index (κ1) is 19.5. The van der Waals surface area contributed by atoms with E-state index in [4.69, 9.17) is 5.11 Å². The average molecular weight is 385 g/mol. The minimum absolute atomic E-state index is 0.0540. The lowest BCUT2D eigenvalue weighted by molar-refractivity contribution is -0.139. The molecule has 0 unspecified atom stereocenters. The number of hydrogen-bond donors (Lipinski definition) is 2. The Balaban J connectivity index is 1.59. The minimum Gasteiger partial charge on any atom is -0.480 e. The van der Waals surface area contributed by atoms with Crippen molar-refractivity contribution < 1.29 is 14.7 Å². The van der Waals surface area contributed by atoms with Crippen molar-refractivity contribution in [2.75, 3.05) is 13.1 Å². The van der Waals surface area contributed by atoms with Gasteiger partial charge in [-0.1, -0.05) is 49.0 Å². The molecule has 2 aromatic carbocycles. The van der Waals surface area contributed by atoms with Gasteiger partial charge in [-0.25, -0.2) is 0 Å². The highest BCUT2D eigenvalue weighted by molar-refractivity contribution is 7.99. The molecule has 1 aliphatic rings. The number of benzene rings is 2. The number of likely N-dealkylation sites (N-methyl/N-ethyl adjacent to an activating group) is 1. The Kier molecular flexibility index (Phi) is 6.53. The number of nitrogens with zero attached hydrogens (tertiary/aromatic N) is 1. The maximum absolute atomic E-state index is 12.8. The number of amides is 1. The zero-order valence-electron chi connectivity index (χ0n) is 15.3. The summed E-state index contributed by atoms with van der Waals surface area (Å²) in [5.41, 5.74) is 0.674. The molecule has 5 nitrogen and oxygen atoms in total. The number of rotatable bonds is 8. The number of carboxylic acid groups (broad SMARTS) is 1. The predicted molar refractivity (Wildman–Crippen MR) is 106 cm³/mol. The van der Waals surface area contributed by atoms with E-state index in [0.29, 0.717) is 12.1 Å². The summed E-state index contributed by atoms with van der Waals surface area (Å²) < 4.78 is 0. The molecular formula is C21H24N2O3S. The molecule has 0 radical (unpaired) electrons. The number of carbonyl (C=O) groups is 2. The molecule has 1 saturated carbocycles. The highest BCUT2D eigenvalue weighted by Gasteiger charge is 2.35. The van der Waals surface area contributed by atoms with Crippen LogP contribution in [-0.4, -0.2) is 47.1 Å². The van der Waals surface area contributed by atoms with Gasteiger partial charge >= 0.3 is 5.97 Å². The lowest BCUT2D eigenvalue weighted by Crippen LogP contribution is -2.54. The molecule has 0 bridgehead atoms. The fourth-order valence-corrected chi connectivity index (χ4v) is 4.26. The molecule has 0 aromatic heterocycles. The molecule has 142 valence electrons. The van der Waals surface area contributed by atoms with Crippen LogP contribution in [0.5, 0.6) is 0 Å². The highest BCUT2D eigenvalue weighted by Crippen LogP contribution is 2.31. The second-order valence-corrected chi connectivity index (χ2v) is 7.78. The third kappa shape index (κ3) is 5.11. The van der Waals surface area contributed by atoms with E-state index in [-0.39, 0.29) is 24.5 Å². The Hall–Kier alpha value is -2.31. The van der Waals surface area contributed by atoms with E-state index in [1.807, 2.05) is 66.4 Å². The van der Waals surface area contributed by atoms with E-state index in [2.05, 4.69) is 5.32 Å². The van der Waals surface area contributed by atoms with Crippen LogP contribution in [0.2, 0.25) is 0 Å². The third-order valence-corrected chi connectivity index (χ3v) is 5.90. The first-order valence-electron chi connectivity index (χ1n) is 9.15. The van der Waals surface area contributed by atoms with Gasteiger partial charge in [0.2, 0.25) is 0 Å². The summed E-state index contributed by atoms with van der Waals surface area (Å²) in [4.78, 5) is 27.7. The highest BCUT2D eigenvalue weighted by atomic mass is 32.2. The molecular weight excluding hydrogens is 360 g/mol. The average Bonchev–Trinajstić information content (AvgIpc) is 2.63. The Morgan fingerprint density at radius 1 is 1.11 bits per heavy atom. The summed E-state index contributed by atoms with van der Waals surface area (Å²) in [6, 6.07) is 17.9. The largest absolute Gasteiger partial charge is 0.480 e. The van der Waals surface area contributed by atoms with Gasteiger partial charge in [-0.2, -0.15) is 0 Å². The Morgan fingerprint density at radius 2 is 1.78 bits per heavy atom. The number of aliphatic carboxylic acids is 1. The zero-order valence-corrected chi connectivity index (χ0v) is 16.1. The van der Waals surface area contributed by atoms with Gasteiger partial charge in [0.25, 0.3) is 5.91 Å². The van der Waals surface area contributed by atoms with E-state index >= 15 is 0 Å². The van der Waals surface area contributed by atoms with Crippen LogP contribution in [0.4, 0.5) is 0 Å². The molecule has 0 spiro atoms. The van der Waals surface area contributed by atoms with Crippen LogP contribution in [0.3, 0.4) is 0 Å². The van der Waals surface area contributed by atoms with Crippen molar-refractivity contribution in [3.63, 3.8) is 0 Å². The smallest absolute Gasteiger partial charge is 0.317 e. The lowest BCUT2D eigenvalue weighted by atomic mass is 9.85. The fraction of sp³-hybridized carbons (Fsp3) is 0.333. The fourth-order valence-electron chi connectivity index (χ4n) is 3.30. The predicted octanol–water partition coefficient (Wildman–Crippen LogP) is 3.51. The summed E-state index contributed by atoms with van der Waals surface area (Å²) in [6.45, 7) is 2.72. The van der Waals surface area contributed by atoms with Crippen LogP contribution < -0.4 is 5.32 Å². The summed E-state index contributed by atoms with van der Waals surface area (Å²) in [6.07, 6.45) is 1.59. The standard InChI is InChI=1S/C21H24N2O3S/c1-2-23(14-20(24)25)16-12-15(13-16)22-21(26)18-10-6-7-11-19(18)27-17-8-4-3-5-9-17/h3-11,15-16H,2,12-14H2,1H3,(H,22,26)(H,24,25). The van der Waals surface area contributed by atoms with E-state index in [9.17, 15) is 9.59 Å². The normalized spacial score (nSPS) is 18.7. The number of carboxylic acids is 1. The van der Waals surface area contributed by atoms with E-state index < -0.39 is 5.97 Å². The van der Waals surface area contributed by atoms with Gasteiger partial charge in [-0.15, -0.1) is 0 Å². The van der Waals surface area contributed by atoms with Gasteiger partial charge in [-0.3, -0.25) is 14.5 Å². The number of carbonyl (C=O) groups excluding carboxylic acids is 1. The van der Waals surface area contributed by atoms with Crippen LogP contribution in [-0.2, 0) is 4.79 Å². The molecule has 1 fully saturated rings. The van der Waals surface area contributed by atoms with Crippen molar-refractivity contribution in [2.24, 2.45) is 0 Å². The van der Waals surface area contributed by atoms with E-state index in [0.717, 1.165) is 22.6 Å². The van der Waals surface area contributed by atoms with E-state index in [1.54, 1.807) is 11.8 Å². The summed E-state index contributed by atoms with van der Waals surface area (Å²) >= 11 is 1.58. The van der Waals surface area contributed by atoms with Crippen molar-refractivity contribution >= 4 is 23.6 Å². The van der Waals surface area contributed by atoms with Crippen LogP contribution in [0, 0.1) is 0 Å². The van der Waals surface area contributed by atoms with Gasteiger partial charge < -0.3 is 10.4 Å². The van der Waals surface area contributed by atoms with Crippen molar-refractivity contribution in [3.8, 4) is 0 Å². The van der Waals surface area contributed by atoms with Gasteiger partial charge in [0.05, 0.1) is 12.1 Å². The topological polar surface area (TPSA) is 69.6 Å². The molecule has 0 saturated heterocycles. The zero-order chi connectivity index (χ0) is 19.2. The maximum Gasteiger partial charge on any atom is 0.317 e. The van der Waals surface area contributed by atoms with Gasteiger partial charge in [0.1, 0.15) is 0 Å². The lowest BCUT2D eigenvalue weighted by Gasteiger charge is -2.42. The summed E-state index contributed by atoms with van der Waals surface area (Å²) in [5, 5.41) is 12.1. The molecule has 2 N–H and O–H groups in total. The first-order chi connectivity index (χ1) is 13.1. The summed E-state index contributed by atoms with van der Waals surface area (Å²) in [5.74, 6) is -0.880. The molecule has 2 aromatic rings. The van der Waals surface area contributed by atoms with Crippen LogP contribution >= 0.6 is 11.8 Å². The molecule has 0 aliphatic heterocycles. The van der Waals surface area contributed by atoms with Crippen molar-refractivity contribution in [1.29, 1.82) is 0 Å². The molecule has 3 rings (SSSR count). The van der Waals surface area contributed by atoms with Gasteiger partial charge in [0, 0.05) is 21.9 Å². The second-order valence-electron chi connectivity index (χ2n) is 6.66. The number of nitrogens with one attached hydrogen (secondary N) is 1. The molecule has 0 atom stereocenters. The Labute approximate surface area is 163 Å². The van der Waals surface area contributed by atoms with Gasteiger partial charge in [0.15, 0.2) is 0 Å². The molecule has 1 amide bonds. The SMILES string of the molecule is CCN(CC(=O)O)C1CC(NC(=O)c2ccccc2Sc2ccccc2)C1. The quantitative estimate of drug-likeness (QED) is 0.729. The molecule has 27 heavy (non-hydrogen) atoms. The van der Waals surface area contributed by atoms with Crippen molar-refractivity contribution in [3.05, 3.63) is 60.2 Å². The van der Waals surface area contributed by atoms with E-state index in [1.165, 1.54) is 0 Å². The Bertz CT molecular complexity index is 791. The van der Waals surface area contributed by atoms with Gasteiger partial charge in [-0.05, 0) is 43.7 Å². The third-order valence-electron chi connectivity index (χ3n) is 4.81. The number of hydrogen-bond acceptors (Lipinski definition) is 4. The maximum atomic E-state index is 12.8. The Morgan fingerprint density at radius 3 is 2.44 bits per heavy atom. The second kappa shape index (κ2) is 9.06. The molecule has 0 heterocycles. The summed E-state index contributed by atoms with van der Waals surface area (Å²) in [7, 11) is 0. The van der Waals surface area contributed by atoms with Crippen LogP contribution in [0.25, 0.3) is 0 Å². The van der Waals surface area contributed by atoms with Crippen molar-refractivity contribution in [2.45, 2.75) is 41.6 Å². The molecule has 1 aliphatic carbocycles. The minimum atomic E-state index is -0.809. The first-order valence-corrected chi connectivity index (χ1v) is 9.97. The van der Waals surface area contributed by atoms with Crippen molar-refractivity contribution in [1.82, 2.24) is 10.2 Å². The van der Waals surface area contributed by atoms with Crippen LogP contribution in [0.15, 0.2) is 64.4 Å². The molecule has 6 heteroatoms. The monoisotopic (exact) mass is 384 g/mol.